The SMILES string of the molecule is C=C(C)COCCNC(CN)c1cc(Cl)ccc1Cl. The van der Waals surface area contributed by atoms with Gasteiger partial charge >= 0.3 is 0 Å². The molecule has 1 unspecified atom stereocenters. The first kappa shape index (κ1) is 16.5. The lowest BCUT2D eigenvalue weighted by Crippen LogP contribution is -2.31. The Balaban J connectivity index is 2.49. The minimum absolute atomic E-state index is 0.0281. The van der Waals surface area contributed by atoms with Crippen LogP contribution in [-0.2, 0) is 4.74 Å². The van der Waals surface area contributed by atoms with Gasteiger partial charge in [-0.15, -0.1) is 0 Å². The molecular weight excluding hydrogens is 283 g/mol. The van der Waals surface area contributed by atoms with Crippen molar-refractivity contribution >= 4 is 23.2 Å². The number of hydrogen-bond donors (Lipinski definition) is 2. The van der Waals surface area contributed by atoms with Gasteiger partial charge in [0.05, 0.1) is 13.2 Å². The highest BCUT2D eigenvalue weighted by atomic mass is 35.5. The number of halogens is 2. The van der Waals surface area contributed by atoms with Crippen LogP contribution in [0.1, 0.15) is 18.5 Å². The standard InChI is InChI=1S/C14H20Cl2N2O/c1-10(2)9-19-6-5-18-14(8-17)12-7-11(15)3-4-13(12)16/h3-4,7,14,18H,1,5-6,8-9,17H2,2H3. The van der Waals surface area contributed by atoms with E-state index in [0.717, 1.165) is 11.1 Å². The Morgan fingerprint density at radius 3 is 2.84 bits per heavy atom. The monoisotopic (exact) mass is 302 g/mol. The molecule has 1 rings (SSSR count). The molecule has 0 aliphatic heterocycles. The first-order valence-electron chi connectivity index (χ1n) is 6.15. The number of nitrogens with two attached hydrogens (primary N) is 1. The third kappa shape index (κ3) is 5.93. The van der Waals surface area contributed by atoms with Crippen molar-refractivity contribution in [3.8, 4) is 0 Å². The van der Waals surface area contributed by atoms with E-state index in [1.807, 2.05) is 13.0 Å². The third-order valence-corrected chi connectivity index (χ3v) is 3.13. The molecule has 19 heavy (non-hydrogen) atoms. The third-order valence-electron chi connectivity index (χ3n) is 2.55. The van der Waals surface area contributed by atoms with Gasteiger partial charge in [0.2, 0.25) is 0 Å². The zero-order chi connectivity index (χ0) is 14.3. The first-order valence-corrected chi connectivity index (χ1v) is 6.90. The second-order valence-electron chi connectivity index (χ2n) is 4.42. The average Bonchev–Trinajstić information content (AvgIpc) is 2.37. The average molecular weight is 303 g/mol. The fourth-order valence-electron chi connectivity index (χ4n) is 1.65. The summed E-state index contributed by atoms with van der Waals surface area (Å²) in [5.74, 6) is 0. The van der Waals surface area contributed by atoms with Crippen LogP contribution in [-0.4, -0.2) is 26.3 Å². The predicted octanol–water partition coefficient (Wildman–Crippen LogP) is 3.18. The van der Waals surface area contributed by atoms with Gasteiger partial charge in [-0.3, -0.25) is 0 Å². The van der Waals surface area contributed by atoms with Crippen LogP contribution in [0.5, 0.6) is 0 Å². The minimum atomic E-state index is -0.0281. The highest BCUT2D eigenvalue weighted by Gasteiger charge is 2.12. The maximum Gasteiger partial charge on any atom is 0.0672 e. The van der Waals surface area contributed by atoms with Gasteiger partial charge < -0.3 is 15.8 Å². The second kappa shape index (κ2) is 8.56. The molecule has 0 amide bonds. The zero-order valence-electron chi connectivity index (χ0n) is 11.1. The summed E-state index contributed by atoms with van der Waals surface area (Å²) in [7, 11) is 0. The van der Waals surface area contributed by atoms with Crippen LogP contribution in [0.4, 0.5) is 0 Å². The van der Waals surface area contributed by atoms with E-state index in [1.165, 1.54) is 0 Å². The summed E-state index contributed by atoms with van der Waals surface area (Å²) in [6.45, 7) is 8.02. The van der Waals surface area contributed by atoms with Crippen molar-refractivity contribution in [1.29, 1.82) is 0 Å². The molecule has 0 radical (unpaired) electrons. The molecule has 0 aliphatic carbocycles. The van der Waals surface area contributed by atoms with Crippen LogP contribution < -0.4 is 11.1 Å². The van der Waals surface area contributed by atoms with E-state index in [4.69, 9.17) is 33.7 Å². The van der Waals surface area contributed by atoms with Crippen LogP contribution in [0.3, 0.4) is 0 Å². The highest BCUT2D eigenvalue weighted by Crippen LogP contribution is 2.25. The van der Waals surface area contributed by atoms with Gasteiger partial charge in [-0.1, -0.05) is 35.4 Å². The quantitative estimate of drug-likeness (QED) is 0.573. The van der Waals surface area contributed by atoms with Gasteiger partial charge in [0.15, 0.2) is 0 Å². The van der Waals surface area contributed by atoms with E-state index in [1.54, 1.807) is 12.1 Å². The maximum atomic E-state index is 6.15. The van der Waals surface area contributed by atoms with Gasteiger partial charge in [-0.05, 0) is 30.7 Å². The summed E-state index contributed by atoms with van der Waals surface area (Å²) >= 11 is 12.1. The van der Waals surface area contributed by atoms with E-state index in [9.17, 15) is 0 Å². The second-order valence-corrected chi connectivity index (χ2v) is 5.26. The molecule has 0 aromatic heterocycles. The molecule has 5 heteroatoms. The summed E-state index contributed by atoms with van der Waals surface area (Å²) in [5, 5.41) is 4.62. The molecule has 0 fully saturated rings. The Labute approximate surface area is 124 Å². The van der Waals surface area contributed by atoms with Crippen LogP contribution in [0.2, 0.25) is 10.0 Å². The smallest absolute Gasteiger partial charge is 0.0672 e. The lowest BCUT2D eigenvalue weighted by molar-refractivity contribution is 0.155. The predicted molar refractivity (Wildman–Crippen MR) is 81.9 cm³/mol. The van der Waals surface area contributed by atoms with E-state index in [0.29, 0.717) is 36.3 Å². The Kier molecular flexibility index (Phi) is 7.42. The van der Waals surface area contributed by atoms with Crippen molar-refractivity contribution < 1.29 is 4.74 Å². The molecule has 3 nitrogen and oxygen atoms in total. The van der Waals surface area contributed by atoms with Gasteiger partial charge in [-0.25, -0.2) is 0 Å². The highest BCUT2D eigenvalue weighted by molar-refractivity contribution is 6.33. The molecule has 0 saturated carbocycles. The first-order chi connectivity index (χ1) is 9.04. The summed E-state index contributed by atoms with van der Waals surface area (Å²) in [6, 6.07) is 5.35. The van der Waals surface area contributed by atoms with Crippen molar-refractivity contribution in [1.82, 2.24) is 5.32 Å². The zero-order valence-corrected chi connectivity index (χ0v) is 12.6. The van der Waals surface area contributed by atoms with E-state index < -0.39 is 0 Å². The van der Waals surface area contributed by atoms with Crippen LogP contribution >= 0.6 is 23.2 Å². The minimum Gasteiger partial charge on any atom is -0.376 e. The molecule has 0 aliphatic rings. The number of hydrogen-bond acceptors (Lipinski definition) is 3. The van der Waals surface area contributed by atoms with E-state index in [-0.39, 0.29) is 6.04 Å². The van der Waals surface area contributed by atoms with E-state index in [2.05, 4.69) is 11.9 Å². The molecule has 106 valence electrons. The van der Waals surface area contributed by atoms with Crippen molar-refractivity contribution in [2.24, 2.45) is 5.73 Å². The lowest BCUT2D eigenvalue weighted by Gasteiger charge is -2.19. The molecule has 1 aromatic carbocycles. The van der Waals surface area contributed by atoms with Crippen LogP contribution in [0, 0.1) is 0 Å². The normalized spacial score (nSPS) is 12.4. The topological polar surface area (TPSA) is 47.3 Å². The number of benzene rings is 1. The summed E-state index contributed by atoms with van der Waals surface area (Å²) in [6.07, 6.45) is 0. The number of ether oxygens (including phenoxy) is 1. The van der Waals surface area contributed by atoms with Gasteiger partial charge in [-0.2, -0.15) is 0 Å². The molecule has 0 heterocycles. The maximum absolute atomic E-state index is 6.15. The van der Waals surface area contributed by atoms with Crippen LogP contribution in [0.25, 0.3) is 0 Å². The largest absolute Gasteiger partial charge is 0.376 e. The van der Waals surface area contributed by atoms with Crippen molar-refractivity contribution in [3.05, 3.63) is 46.0 Å². The number of nitrogens with one attached hydrogen (secondary N) is 1. The molecule has 1 atom stereocenters. The fourth-order valence-corrected chi connectivity index (χ4v) is 2.08. The van der Waals surface area contributed by atoms with Crippen molar-refractivity contribution in [3.63, 3.8) is 0 Å². The Hall–Kier alpha value is -0.580. The van der Waals surface area contributed by atoms with Gasteiger partial charge in [0.1, 0.15) is 0 Å². The van der Waals surface area contributed by atoms with Gasteiger partial charge in [0.25, 0.3) is 0 Å². The van der Waals surface area contributed by atoms with Crippen LogP contribution in [0.15, 0.2) is 30.4 Å². The number of rotatable bonds is 8. The molecule has 0 spiro atoms. The lowest BCUT2D eigenvalue weighted by atomic mass is 10.1. The summed E-state index contributed by atoms with van der Waals surface area (Å²) in [5.41, 5.74) is 7.69. The molecule has 0 saturated heterocycles. The fraction of sp³-hybridized carbons (Fsp3) is 0.429. The Bertz CT molecular complexity index is 424. The Morgan fingerprint density at radius 2 is 2.21 bits per heavy atom. The summed E-state index contributed by atoms with van der Waals surface area (Å²) < 4.78 is 5.42. The molecule has 0 bridgehead atoms. The summed E-state index contributed by atoms with van der Waals surface area (Å²) in [4.78, 5) is 0. The van der Waals surface area contributed by atoms with Gasteiger partial charge in [0, 0.05) is 29.2 Å². The molecule has 3 N–H and O–H groups in total. The molecular formula is C14H20Cl2N2O. The van der Waals surface area contributed by atoms with Crippen molar-refractivity contribution in [2.75, 3.05) is 26.3 Å². The molecule has 1 aromatic rings. The Morgan fingerprint density at radius 1 is 1.47 bits per heavy atom. The van der Waals surface area contributed by atoms with E-state index >= 15 is 0 Å². The van der Waals surface area contributed by atoms with Crippen molar-refractivity contribution in [2.45, 2.75) is 13.0 Å².